The first kappa shape index (κ1) is 24.0. The van der Waals surface area contributed by atoms with E-state index in [9.17, 15) is 9.59 Å². The molecular weight excluding hydrogens is 462 g/mol. The van der Waals surface area contributed by atoms with Crippen molar-refractivity contribution in [2.75, 3.05) is 7.05 Å². The number of fused-ring (bicyclic) bond motifs is 1. The summed E-state index contributed by atoms with van der Waals surface area (Å²) < 4.78 is 12.7. The topological polar surface area (TPSA) is 84.9 Å². The molecule has 4 aromatic rings. The molecule has 0 radical (unpaired) electrons. The van der Waals surface area contributed by atoms with Crippen LogP contribution in [0.5, 0.6) is 17.2 Å². The number of carbonyl (C=O) groups excluding carboxylic acids is 1. The predicted molar refractivity (Wildman–Crippen MR) is 140 cm³/mol. The van der Waals surface area contributed by atoms with Crippen molar-refractivity contribution in [2.24, 2.45) is 0 Å². The Morgan fingerprint density at radius 1 is 1.00 bits per heavy atom. The summed E-state index contributed by atoms with van der Waals surface area (Å²) in [5, 5.41) is 12.2. The van der Waals surface area contributed by atoms with E-state index >= 15 is 0 Å². The summed E-state index contributed by atoms with van der Waals surface area (Å²) >= 11 is 1.58. The van der Waals surface area contributed by atoms with Gasteiger partial charge in [0.2, 0.25) is 0 Å². The average molecular weight is 488 g/mol. The molecule has 2 N–H and O–H groups in total. The number of carboxylic acids is 1. The SMILES string of the molecule is CNC(=O)Oc1ccc2c(Oc3ccc(/C=C/C(=O)O)cc3)c(-c3ccccc3C(C)C)sc2c1. The minimum Gasteiger partial charge on any atom is -0.478 e. The zero-order valence-corrected chi connectivity index (χ0v) is 20.4. The predicted octanol–water partition coefficient (Wildman–Crippen LogP) is 7.30. The molecule has 1 amide bonds. The minimum absolute atomic E-state index is 0.316. The van der Waals surface area contributed by atoms with Gasteiger partial charge in [-0.15, -0.1) is 11.3 Å². The molecule has 0 aliphatic rings. The summed E-state index contributed by atoms with van der Waals surface area (Å²) in [7, 11) is 1.52. The van der Waals surface area contributed by atoms with Gasteiger partial charge >= 0.3 is 12.1 Å². The van der Waals surface area contributed by atoms with Crippen LogP contribution in [0.25, 0.3) is 26.6 Å². The van der Waals surface area contributed by atoms with E-state index in [1.165, 1.54) is 18.7 Å². The van der Waals surface area contributed by atoms with Crippen LogP contribution in [0, 0.1) is 0 Å². The van der Waals surface area contributed by atoms with E-state index in [1.807, 2.05) is 36.4 Å². The third-order valence-electron chi connectivity index (χ3n) is 5.38. The summed E-state index contributed by atoms with van der Waals surface area (Å²) in [6.45, 7) is 4.32. The van der Waals surface area contributed by atoms with Crippen LogP contribution in [0.2, 0.25) is 0 Å². The first-order chi connectivity index (χ1) is 16.9. The third kappa shape index (κ3) is 5.53. The number of carboxylic acid groups (broad SMARTS) is 1. The monoisotopic (exact) mass is 487 g/mol. The van der Waals surface area contributed by atoms with Gasteiger partial charge in [-0.1, -0.05) is 50.2 Å². The highest BCUT2D eigenvalue weighted by Crippen LogP contribution is 2.48. The lowest BCUT2D eigenvalue weighted by molar-refractivity contribution is -0.131. The van der Waals surface area contributed by atoms with Gasteiger partial charge in [-0.3, -0.25) is 0 Å². The Kier molecular flexibility index (Phi) is 7.17. The molecule has 6 nitrogen and oxygen atoms in total. The van der Waals surface area contributed by atoms with Gasteiger partial charge in [-0.25, -0.2) is 9.59 Å². The number of carbonyl (C=O) groups is 2. The van der Waals surface area contributed by atoms with Gasteiger partial charge in [0, 0.05) is 23.2 Å². The van der Waals surface area contributed by atoms with Gasteiger partial charge in [0.15, 0.2) is 5.75 Å². The maximum Gasteiger partial charge on any atom is 0.412 e. The zero-order valence-electron chi connectivity index (χ0n) is 19.6. The second-order valence-electron chi connectivity index (χ2n) is 8.14. The lowest BCUT2D eigenvalue weighted by atomic mass is 9.96. The summed E-state index contributed by atoms with van der Waals surface area (Å²) in [5.74, 6) is 1.12. The number of ether oxygens (including phenoxy) is 2. The highest BCUT2D eigenvalue weighted by molar-refractivity contribution is 7.22. The van der Waals surface area contributed by atoms with Crippen LogP contribution in [0.4, 0.5) is 4.79 Å². The summed E-state index contributed by atoms with van der Waals surface area (Å²) in [4.78, 5) is 23.5. The Morgan fingerprint density at radius 2 is 1.71 bits per heavy atom. The molecule has 0 aliphatic heterocycles. The van der Waals surface area contributed by atoms with Crippen molar-refractivity contribution in [1.29, 1.82) is 0 Å². The number of nitrogens with one attached hydrogen (secondary N) is 1. The Labute approximate surface area is 207 Å². The average Bonchev–Trinajstić information content (AvgIpc) is 3.20. The van der Waals surface area contributed by atoms with Crippen molar-refractivity contribution in [3.05, 3.63) is 83.9 Å². The molecule has 0 saturated carbocycles. The van der Waals surface area contributed by atoms with E-state index in [0.717, 1.165) is 37.9 Å². The number of amides is 1. The summed E-state index contributed by atoms with van der Waals surface area (Å²) in [6.07, 6.45) is 2.10. The molecule has 4 rings (SSSR count). The van der Waals surface area contributed by atoms with Gasteiger partial charge in [0.1, 0.15) is 11.5 Å². The molecule has 0 unspecified atom stereocenters. The molecule has 3 aromatic carbocycles. The molecule has 0 spiro atoms. The summed E-state index contributed by atoms with van der Waals surface area (Å²) in [5.41, 5.74) is 3.06. The van der Waals surface area contributed by atoms with Crippen LogP contribution in [0.15, 0.2) is 72.8 Å². The van der Waals surface area contributed by atoms with Gasteiger partial charge in [0.25, 0.3) is 0 Å². The van der Waals surface area contributed by atoms with Crippen LogP contribution in [0.1, 0.15) is 30.9 Å². The molecule has 0 atom stereocenters. The van der Waals surface area contributed by atoms with Crippen LogP contribution in [-0.4, -0.2) is 24.2 Å². The lowest BCUT2D eigenvalue weighted by Gasteiger charge is -2.14. The van der Waals surface area contributed by atoms with Crippen molar-refractivity contribution in [1.82, 2.24) is 5.32 Å². The highest BCUT2D eigenvalue weighted by atomic mass is 32.1. The molecule has 7 heteroatoms. The van der Waals surface area contributed by atoms with E-state index in [-0.39, 0.29) is 0 Å². The molecule has 0 aliphatic carbocycles. The smallest absolute Gasteiger partial charge is 0.412 e. The fourth-order valence-corrected chi connectivity index (χ4v) is 4.90. The minimum atomic E-state index is -0.997. The van der Waals surface area contributed by atoms with Crippen molar-refractivity contribution in [3.63, 3.8) is 0 Å². The zero-order chi connectivity index (χ0) is 24.9. The molecule has 0 bridgehead atoms. The maximum atomic E-state index is 11.7. The van der Waals surface area contributed by atoms with E-state index < -0.39 is 12.1 Å². The van der Waals surface area contributed by atoms with E-state index in [1.54, 1.807) is 29.5 Å². The standard InChI is InChI=1S/C28H25NO5S/c1-17(2)21-6-4-5-7-22(21)27-26(33-19-11-8-18(9-12-19)10-15-25(30)31)23-14-13-20(16-24(23)35-27)34-28(32)29-3/h4-17H,1-3H3,(H,29,32)(H,30,31)/b15-10+. The van der Waals surface area contributed by atoms with Crippen molar-refractivity contribution in [2.45, 2.75) is 19.8 Å². The van der Waals surface area contributed by atoms with Crippen LogP contribution in [-0.2, 0) is 4.79 Å². The molecule has 1 heterocycles. The van der Waals surface area contributed by atoms with Gasteiger partial charge in [0.05, 0.1) is 4.88 Å². The normalized spacial score (nSPS) is 11.2. The van der Waals surface area contributed by atoms with Gasteiger partial charge in [-0.05, 0) is 59.0 Å². The Morgan fingerprint density at radius 3 is 2.40 bits per heavy atom. The lowest BCUT2D eigenvalue weighted by Crippen LogP contribution is -2.21. The second-order valence-corrected chi connectivity index (χ2v) is 9.19. The number of rotatable bonds is 7. The Balaban J connectivity index is 1.80. The second kappa shape index (κ2) is 10.4. The van der Waals surface area contributed by atoms with Crippen LogP contribution in [0.3, 0.4) is 0 Å². The van der Waals surface area contributed by atoms with Gasteiger partial charge < -0.3 is 19.9 Å². The largest absolute Gasteiger partial charge is 0.478 e. The van der Waals surface area contributed by atoms with Gasteiger partial charge in [-0.2, -0.15) is 0 Å². The number of benzene rings is 3. The Bertz CT molecular complexity index is 1400. The van der Waals surface area contributed by atoms with Crippen molar-refractivity contribution < 1.29 is 24.2 Å². The summed E-state index contributed by atoms with van der Waals surface area (Å²) in [6, 6.07) is 21.0. The van der Waals surface area contributed by atoms with Crippen LogP contribution >= 0.6 is 11.3 Å². The number of thiophene rings is 1. The Hall–Kier alpha value is -4.10. The number of hydrogen-bond donors (Lipinski definition) is 2. The molecular formula is C28H25NO5S. The number of hydrogen-bond acceptors (Lipinski definition) is 5. The van der Waals surface area contributed by atoms with Crippen LogP contribution < -0.4 is 14.8 Å². The van der Waals surface area contributed by atoms with E-state index in [2.05, 4.69) is 31.3 Å². The molecule has 35 heavy (non-hydrogen) atoms. The van der Waals surface area contributed by atoms with E-state index in [0.29, 0.717) is 17.4 Å². The quantitative estimate of drug-likeness (QED) is 0.267. The first-order valence-electron chi connectivity index (χ1n) is 11.1. The molecule has 178 valence electrons. The first-order valence-corrected chi connectivity index (χ1v) is 11.9. The van der Waals surface area contributed by atoms with Crippen molar-refractivity contribution in [3.8, 4) is 27.7 Å². The van der Waals surface area contributed by atoms with Crippen molar-refractivity contribution >= 4 is 39.6 Å². The maximum absolute atomic E-state index is 11.7. The van der Waals surface area contributed by atoms with E-state index in [4.69, 9.17) is 14.6 Å². The molecule has 0 saturated heterocycles. The molecule has 1 aromatic heterocycles. The highest BCUT2D eigenvalue weighted by Gasteiger charge is 2.20. The number of aliphatic carboxylic acids is 1. The fraction of sp³-hybridized carbons (Fsp3) is 0.143. The molecule has 0 fully saturated rings. The fourth-order valence-electron chi connectivity index (χ4n) is 3.69. The third-order valence-corrected chi connectivity index (χ3v) is 6.54.